The number of sulfonamides is 1. The number of carbonyl (C=O) groups excluding carboxylic acids is 1. The lowest BCUT2D eigenvalue weighted by Gasteiger charge is -2.40. The van der Waals surface area contributed by atoms with Crippen LogP contribution in [0.25, 0.3) is 5.57 Å². The number of carbonyl (C=O) groups is 1. The van der Waals surface area contributed by atoms with E-state index in [1.165, 1.54) is 10.6 Å². The maximum absolute atomic E-state index is 12.8. The molecule has 0 radical (unpaired) electrons. The summed E-state index contributed by atoms with van der Waals surface area (Å²) in [6.07, 6.45) is 5.07. The van der Waals surface area contributed by atoms with Gasteiger partial charge in [-0.25, -0.2) is 8.42 Å². The molecule has 182 valence electrons. The minimum atomic E-state index is -3.40. The number of hydrogen-bond donors (Lipinski definition) is 1. The first-order valence-electron chi connectivity index (χ1n) is 11.8. The van der Waals surface area contributed by atoms with Crippen LogP contribution in [0.4, 0.5) is 5.69 Å². The summed E-state index contributed by atoms with van der Waals surface area (Å²) >= 11 is 0. The number of piperidine rings is 1. The average molecular weight is 484 g/mol. The van der Waals surface area contributed by atoms with Crippen molar-refractivity contribution < 1.29 is 17.9 Å². The maximum Gasteiger partial charge on any atom is 0.253 e. The lowest BCUT2D eigenvalue weighted by Crippen LogP contribution is -2.46. The molecule has 0 saturated carbocycles. The average Bonchev–Trinajstić information content (AvgIpc) is 2.83. The molecule has 0 unspecified atom stereocenters. The smallest absolute Gasteiger partial charge is 0.253 e. The van der Waals surface area contributed by atoms with Crippen molar-refractivity contribution in [2.24, 2.45) is 0 Å². The Morgan fingerprint density at radius 2 is 1.71 bits per heavy atom. The van der Waals surface area contributed by atoms with Crippen LogP contribution >= 0.6 is 0 Å². The number of amides is 1. The highest BCUT2D eigenvalue weighted by atomic mass is 32.2. The molecule has 8 heteroatoms. The third-order valence-electron chi connectivity index (χ3n) is 6.78. The predicted molar refractivity (Wildman–Crippen MR) is 136 cm³/mol. The van der Waals surface area contributed by atoms with Crippen LogP contribution in [0.2, 0.25) is 0 Å². The van der Waals surface area contributed by atoms with E-state index >= 15 is 0 Å². The summed E-state index contributed by atoms with van der Waals surface area (Å²) in [6, 6.07) is 13.2. The van der Waals surface area contributed by atoms with Crippen LogP contribution in [0.3, 0.4) is 0 Å². The number of fused-ring (bicyclic) bond motifs is 1. The van der Waals surface area contributed by atoms with Crippen LogP contribution in [0, 0.1) is 0 Å². The van der Waals surface area contributed by atoms with E-state index in [0.29, 0.717) is 24.3 Å². The fourth-order valence-electron chi connectivity index (χ4n) is 4.61. The molecule has 7 nitrogen and oxygen atoms in total. The number of benzene rings is 2. The Kier molecular flexibility index (Phi) is 6.73. The van der Waals surface area contributed by atoms with Gasteiger partial charge in [0.05, 0.1) is 11.9 Å². The Morgan fingerprint density at radius 1 is 1.06 bits per heavy atom. The van der Waals surface area contributed by atoms with E-state index in [9.17, 15) is 13.2 Å². The highest BCUT2D eigenvalue weighted by Crippen LogP contribution is 2.44. The molecular formula is C26H33N3O4S. The van der Waals surface area contributed by atoms with Crippen molar-refractivity contribution in [3.8, 4) is 5.75 Å². The molecule has 0 atom stereocenters. The van der Waals surface area contributed by atoms with Gasteiger partial charge in [0.25, 0.3) is 5.91 Å². The summed E-state index contributed by atoms with van der Waals surface area (Å²) in [5, 5.41) is 3.39. The summed E-state index contributed by atoms with van der Waals surface area (Å²) in [5.74, 6) is 0.762. The number of ether oxygens (including phenoxy) is 1. The second kappa shape index (κ2) is 9.43. The van der Waals surface area contributed by atoms with Gasteiger partial charge < -0.3 is 15.0 Å². The van der Waals surface area contributed by atoms with Crippen LogP contribution in [0.5, 0.6) is 5.75 Å². The van der Waals surface area contributed by atoms with Gasteiger partial charge in [-0.3, -0.25) is 9.10 Å². The van der Waals surface area contributed by atoms with Crippen molar-refractivity contribution in [2.45, 2.75) is 32.3 Å². The van der Waals surface area contributed by atoms with Gasteiger partial charge in [-0.1, -0.05) is 12.1 Å². The second-order valence-corrected chi connectivity index (χ2v) is 11.0. The van der Waals surface area contributed by atoms with Crippen LogP contribution in [0.1, 0.15) is 48.2 Å². The molecule has 1 N–H and O–H groups in total. The fraction of sp³-hybridized carbons (Fsp3) is 0.423. The standard InChI is InChI=1S/C26H33N3O4S/c1-5-29(6-2)25(30)20-9-7-19(8-10-20)23-18-26(13-15-27-16-14-26)33-24-12-11-21(17-22(23)24)28(3)34(4,31)32/h7-12,17-18,27H,5-6,13-16H2,1-4H3. The number of nitrogens with one attached hydrogen (secondary N) is 1. The van der Waals surface area contributed by atoms with Crippen molar-refractivity contribution in [3.05, 3.63) is 65.2 Å². The molecule has 1 fully saturated rings. The van der Waals surface area contributed by atoms with E-state index in [-0.39, 0.29) is 5.91 Å². The molecule has 2 heterocycles. The van der Waals surface area contributed by atoms with Gasteiger partial charge in [0.15, 0.2) is 0 Å². The lowest BCUT2D eigenvalue weighted by atomic mass is 9.83. The molecule has 2 aliphatic heterocycles. The predicted octanol–water partition coefficient (Wildman–Crippen LogP) is 3.51. The number of rotatable bonds is 6. The van der Waals surface area contributed by atoms with Gasteiger partial charge in [0.1, 0.15) is 11.4 Å². The third kappa shape index (κ3) is 4.70. The van der Waals surface area contributed by atoms with Gasteiger partial charge in [0, 0.05) is 44.1 Å². The lowest BCUT2D eigenvalue weighted by molar-refractivity contribution is 0.0772. The molecule has 1 spiro atoms. The largest absolute Gasteiger partial charge is 0.482 e. The van der Waals surface area contributed by atoms with Gasteiger partial charge in [-0.15, -0.1) is 0 Å². The quantitative estimate of drug-likeness (QED) is 0.680. The van der Waals surface area contributed by atoms with Crippen molar-refractivity contribution in [1.29, 1.82) is 0 Å². The first kappa shape index (κ1) is 24.3. The summed E-state index contributed by atoms with van der Waals surface area (Å²) < 4.78 is 32.1. The number of nitrogens with zero attached hydrogens (tertiary/aromatic N) is 2. The Labute approximate surface area is 202 Å². The second-order valence-electron chi connectivity index (χ2n) is 8.94. The molecule has 1 saturated heterocycles. The van der Waals surface area contributed by atoms with Gasteiger partial charge in [0.2, 0.25) is 10.0 Å². The number of anilines is 1. The molecule has 0 bridgehead atoms. The minimum Gasteiger partial charge on any atom is -0.482 e. The van der Waals surface area contributed by atoms with Crippen molar-refractivity contribution in [1.82, 2.24) is 10.2 Å². The number of hydrogen-bond acceptors (Lipinski definition) is 5. The van der Waals surface area contributed by atoms with Gasteiger partial charge in [-0.05, 0) is 74.5 Å². The first-order valence-corrected chi connectivity index (χ1v) is 13.6. The molecule has 0 aliphatic carbocycles. The van der Waals surface area contributed by atoms with Crippen molar-refractivity contribution in [3.63, 3.8) is 0 Å². The SMILES string of the molecule is CCN(CC)C(=O)c1ccc(C2=CC3(CCNCC3)Oc3ccc(N(C)S(C)(=O)=O)cc32)cc1. The van der Waals surface area contributed by atoms with E-state index in [1.54, 1.807) is 18.0 Å². The summed E-state index contributed by atoms with van der Waals surface area (Å²) in [5.41, 5.74) is 3.63. The monoisotopic (exact) mass is 483 g/mol. The molecule has 0 aromatic heterocycles. The molecule has 2 aromatic rings. The van der Waals surface area contributed by atoms with Crippen molar-refractivity contribution in [2.75, 3.05) is 43.8 Å². The highest BCUT2D eigenvalue weighted by molar-refractivity contribution is 7.92. The normalized spacial score (nSPS) is 16.9. The third-order valence-corrected chi connectivity index (χ3v) is 7.98. The summed E-state index contributed by atoms with van der Waals surface area (Å²) in [6.45, 7) is 7.02. The van der Waals surface area contributed by atoms with Crippen LogP contribution < -0.4 is 14.4 Å². The topological polar surface area (TPSA) is 79.0 Å². The van der Waals surface area contributed by atoms with Crippen LogP contribution in [-0.2, 0) is 10.0 Å². The first-order chi connectivity index (χ1) is 16.2. The van der Waals surface area contributed by atoms with Crippen LogP contribution in [0.15, 0.2) is 48.5 Å². The zero-order valence-electron chi connectivity index (χ0n) is 20.3. The van der Waals surface area contributed by atoms with E-state index in [1.807, 2.05) is 50.2 Å². The van der Waals surface area contributed by atoms with E-state index < -0.39 is 15.6 Å². The Bertz CT molecular complexity index is 1200. The van der Waals surface area contributed by atoms with Gasteiger partial charge in [-0.2, -0.15) is 0 Å². The van der Waals surface area contributed by atoms with Crippen molar-refractivity contribution >= 4 is 27.2 Å². The fourth-order valence-corrected chi connectivity index (χ4v) is 5.11. The van der Waals surface area contributed by atoms with E-state index in [2.05, 4.69) is 11.4 Å². The van der Waals surface area contributed by atoms with Gasteiger partial charge >= 0.3 is 0 Å². The summed E-state index contributed by atoms with van der Waals surface area (Å²) in [7, 11) is -1.85. The van der Waals surface area contributed by atoms with E-state index in [4.69, 9.17) is 4.74 Å². The zero-order chi connectivity index (χ0) is 24.5. The molecule has 2 aliphatic rings. The van der Waals surface area contributed by atoms with Crippen LogP contribution in [-0.4, -0.2) is 64.3 Å². The Hall–Kier alpha value is -2.84. The molecule has 34 heavy (non-hydrogen) atoms. The Morgan fingerprint density at radius 3 is 2.29 bits per heavy atom. The zero-order valence-corrected chi connectivity index (χ0v) is 21.1. The minimum absolute atomic E-state index is 0.0183. The molecular weight excluding hydrogens is 450 g/mol. The molecule has 2 aromatic carbocycles. The van der Waals surface area contributed by atoms with E-state index in [0.717, 1.165) is 48.4 Å². The molecule has 4 rings (SSSR count). The maximum atomic E-state index is 12.8. The highest BCUT2D eigenvalue weighted by Gasteiger charge is 2.37. The molecule has 1 amide bonds. The summed E-state index contributed by atoms with van der Waals surface area (Å²) in [4.78, 5) is 14.6. The Balaban J connectivity index is 1.78.